The highest BCUT2D eigenvalue weighted by Gasteiger charge is 2.24. The van der Waals surface area contributed by atoms with Gasteiger partial charge in [-0.1, -0.05) is 20.3 Å². The minimum Gasteiger partial charge on any atom is -0.299 e. The van der Waals surface area contributed by atoms with Gasteiger partial charge in [0.25, 0.3) is 0 Å². The molecule has 0 spiro atoms. The lowest BCUT2D eigenvalue weighted by molar-refractivity contribution is 0.141. The predicted molar refractivity (Wildman–Crippen MR) is 59.4 cm³/mol. The molecule has 3 unspecified atom stereocenters. The van der Waals surface area contributed by atoms with E-state index in [0.29, 0.717) is 5.38 Å². The zero-order valence-corrected chi connectivity index (χ0v) is 9.85. The first-order chi connectivity index (χ1) is 6.13. The molecule has 0 aliphatic carbocycles. The summed E-state index contributed by atoms with van der Waals surface area (Å²) < 4.78 is 0. The van der Waals surface area contributed by atoms with Gasteiger partial charge in [0.2, 0.25) is 0 Å². The number of nitrogens with zero attached hydrogens (tertiary/aromatic N) is 1. The highest BCUT2D eigenvalue weighted by Crippen LogP contribution is 2.22. The molecule has 0 radical (unpaired) electrons. The highest BCUT2D eigenvalue weighted by atomic mass is 35.5. The summed E-state index contributed by atoms with van der Waals surface area (Å²) in [6, 6.07) is 0.740. The highest BCUT2D eigenvalue weighted by molar-refractivity contribution is 6.20. The molecule has 1 aliphatic rings. The third-order valence-corrected chi connectivity index (χ3v) is 3.55. The van der Waals surface area contributed by atoms with Crippen LogP contribution in [0, 0.1) is 5.92 Å². The normalized spacial score (nSPS) is 33.2. The number of hydrogen-bond donors (Lipinski definition) is 0. The molecule has 0 N–H and O–H groups in total. The molecular weight excluding hydrogens is 182 g/mol. The van der Waals surface area contributed by atoms with Crippen molar-refractivity contribution in [3.63, 3.8) is 0 Å². The summed E-state index contributed by atoms with van der Waals surface area (Å²) in [4.78, 5) is 2.55. The zero-order valence-electron chi connectivity index (χ0n) is 9.09. The Morgan fingerprint density at radius 2 is 2.15 bits per heavy atom. The molecule has 3 atom stereocenters. The maximum Gasteiger partial charge on any atom is 0.0463 e. The SMILES string of the molecule is CCC(C)CN1CC(Cl)CCC1C. The fourth-order valence-electron chi connectivity index (χ4n) is 1.91. The van der Waals surface area contributed by atoms with E-state index in [-0.39, 0.29) is 0 Å². The van der Waals surface area contributed by atoms with Crippen molar-refractivity contribution in [3.05, 3.63) is 0 Å². The van der Waals surface area contributed by atoms with Gasteiger partial charge in [-0.25, -0.2) is 0 Å². The summed E-state index contributed by atoms with van der Waals surface area (Å²) in [5, 5.41) is 0.389. The average molecular weight is 204 g/mol. The van der Waals surface area contributed by atoms with Crippen LogP contribution in [0.25, 0.3) is 0 Å². The molecule has 0 bridgehead atoms. The number of halogens is 1. The average Bonchev–Trinajstić information content (AvgIpc) is 2.11. The van der Waals surface area contributed by atoms with Crippen molar-refractivity contribution in [1.29, 1.82) is 0 Å². The Kier molecular flexibility index (Phi) is 4.54. The van der Waals surface area contributed by atoms with Crippen LogP contribution in [0.5, 0.6) is 0 Å². The van der Waals surface area contributed by atoms with Crippen molar-refractivity contribution in [2.45, 2.75) is 51.5 Å². The zero-order chi connectivity index (χ0) is 9.84. The second kappa shape index (κ2) is 5.21. The Labute approximate surface area is 87.4 Å². The van der Waals surface area contributed by atoms with Crippen LogP contribution in [0.15, 0.2) is 0 Å². The summed E-state index contributed by atoms with van der Waals surface area (Å²) in [5.74, 6) is 0.810. The first-order valence-electron chi connectivity index (χ1n) is 5.51. The van der Waals surface area contributed by atoms with Crippen molar-refractivity contribution in [1.82, 2.24) is 4.90 Å². The molecule has 2 heteroatoms. The van der Waals surface area contributed by atoms with Crippen LogP contribution in [-0.2, 0) is 0 Å². The van der Waals surface area contributed by atoms with Crippen LogP contribution in [0.1, 0.15) is 40.0 Å². The summed E-state index contributed by atoms with van der Waals surface area (Å²) in [6.45, 7) is 9.22. The molecule has 1 aliphatic heterocycles. The van der Waals surface area contributed by atoms with E-state index in [1.807, 2.05) is 0 Å². The van der Waals surface area contributed by atoms with Crippen molar-refractivity contribution in [2.75, 3.05) is 13.1 Å². The van der Waals surface area contributed by atoms with E-state index in [1.165, 1.54) is 25.8 Å². The molecule has 0 aromatic heterocycles. The van der Waals surface area contributed by atoms with Crippen LogP contribution in [-0.4, -0.2) is 29.4 Å². The standard InChI is InChI=1S/C11H22ClN/c1-4-9(2)7-13-8-11(12)6-5-10(13)3/h9-11H,4-8H2,1-3H3. The third-order valence-electron chi connectivity index (χ3n) is 3.20. The van der Waals surface area contributed by atoms with Gasteiger partial charge in [0.1, 0.15) is 0 Å². The number of alkyl halides is 1. The maximum absolute atomic E-state index is 6.16. The van der Waals surface area contributed by atoms with E-state index in [4.69, 9.17) is 11.6 Å². The Bertz CT molecular complexity index is 149. The lowest BCUT2D eigenvalue weighted by Gasteiger charge is -2.37. The molecule has 1 nitrogen and oxygen atoms in total. The van der Waals surface area contributed by atoms with E-state index in [9.17, 15) is 0 Å². The van der Waals surface area contributed by atoms with Gasteiger partial charge in [0.05, 0.1) is 0 Å². The lowest BCUT2D eigenvalue weighted by atomic mass is 10.0. The van der Waals surface area contributed by atoms with Gasteiger partial charge in [-0.2, -0.15) is 0 Å². The molecular formula is C11H22ClN. The molecule has 0 saturated carbocycles. The van der Waals surface area contributed by atoms with Crippen LogP contribution in [0.2, 0.25) is 0 Å². The van der Waals surface area contributed by atoms with Gasteiger partial charge in [0, 0.05) is 24.5 Å². The number of rotatable bonds is 3. The van der Waals surface area contributed by atoms with Gasteiger partial charge in [-0.15, -0.1) is 11.6 Å². The van der Waals surface area contributed by atoms with Crippen LogP contribution in [0.4, 0.5) is 0 Å². The molecule has 1 rings (SSSR count). The van der Waals surface area contributed by atoms with Crippen molar-refractivity contribution in [3.8, 4) is 0 Å². The van der Waals surface area contributed by atoms with Gasteiger partial charge in [-0.05, 0) is 25.7 Å². The van der Waals surface area contributed by atoms with Crippen LogP contribution >= 0.6 is 11.6 Å². The predicted octanol–water partition coefficient (Wildman–Crippen LogP) is 3.12. The molecule has 1 fully saturated rings. The largest absolute Gasteiger partial charge is 0.299 e. The first kappa shape index (κ1) is 11.3. The molecule has 0 aromatic rings. The fraction of sp³-hybridized carbons (Fsp3) is 1.00. The maximum atomic E-state index is 6.16. The number of likely N-dealkylation sites (tertiary alicyclic amines) is 1. The summed E-state index contributed by atoms with van der Waals surface area (Å²) >= 11 is 6.16. The third kappa shape index (κ3) is 3.47. The molecule has 1 saturated heterocycles. The Morgan fingerprint density at radius 1 is 1.46 bits per heavy atom. The summed E-state index contributed by atoms with van der Waals surface area (Å²) in [7, 11) is 0. The van der Waals surface area contributed by atoms with Gasteiger partial charge < -0.3 is 0 Å². The topological polar surface area (TPSA) is 3.24 Å². The Morgan fingerprint density at radius 3 is 2.77 bits per heavy atom. The second-order valence-electron chi connectivity index (χ2n) is 4.49. The smallest absolute Gasteiger partial charge is 0.0463 e. The van der Waals surface area contributed by atoms with Crippen molar-refractivity contribution in [2.24, 2.45) is 5.92 Å². The minimum absolute atomic E-state index is 0.389. The quantitative estimate of drug-likeness (QED) is 0.638. The van der Waals surface area contributed by atoms with Crippen LogP contribution < -0.4 is 0 Å². The van der Waals surface area contributed by atoms with E-state index in [0.717, 1.165) is 18.5 Å². The first-order valence-corrected chi connectivity index (χ1v) is 5.95. The summed E-state index contributed by atoms with van der Waals surface area (Å²) in [6.07, 6.45) is 3.74. The number of piperidine rings is 1. The van der Waals surface area contributed by atoms with E-state index < -0.39 is 0 Å². The van der Waals surface area contributed by atoms with Gasteiger partial charge >= 0.3 is 0 Å². The van der Waals surface area contributed by atoms with Crippen molar-refractivity contribution < 1.29 is 0 Å². The Balaban J connectivity index is 2.37. The number of hydrogen-bond acceptors (Lipinski definition) is 1. The van der Waals surface area contributed by atoms with E-state index >= 15 is 0 Å². The van der Waals surface area contributed by atoms with Crippen molar-refractivity contribution >= 4 is 11.6 Å². The van der Waals surface area contributed by atoms with Gasteiger partial charge in [-0.3, -0.25) is 4.90 Å². The van der Waals surface area contributed by atoms with Crippen LogP contribution in [0.3, 0.4) is 0 Å². The second-order valence-corrected chi connectivity index (χ2v) is 5.11. The lowest BCUT2D eigenvalue weighted by Crippen LogP contribution is -2.44. The van der Waals surface area contributed by atoms with E-state index in [2.05, 4.69) is 25.7 Å². The molecule has 0 aromatic carbocycles. The summed E-state index contributed by atoms with van der Waals surface area (Å²) in [5.41, 5.74) is 0. The monoisotopic (exact) mass is 203 g/mol. The molecule has 0 amide bonds. The fourth-order valence-corrected chi connectivity index (χ4v) is 2.22. The Hall–Kier alpha value is 0.250. The van der Waals surface area contributed by atoms with E-state index in [1.54, 1.807) is 0 Å². The molecule has 13 heavy (non-hydrogen) atoms. The minimum atomic E-state index is 0.389. The molecule has 78 valence electrons. The van der Waals surface area contributed by atoms with Gasteiger partial charge in [0.15, 0.2) is 0 Å². The molecule has 1 heterocycles.